The summed E-state index contributed by atoms with van der Waals surface area (Å²) in [7, 11) is 0. The van der Waals surface area contributed by atoms with E-state index in [1.54, 1.807) is 12.1 Å². The zero-order valence-electron chi connectivity index (χ0n) is 10.1. The van der Waals surface area contributed by atoms with Gasteiger partial charge in [0, 0.05) is 9.58 Å². The van der Waals surface area contributed by atoms with Crippen LogP contribution in [0.2, 0.25) is 0 Å². The standard InChI is InChI=1S/C15H9BrF2OS/c16-11-5-9(2-4-12(11)18)15(19)14-6-8-1-3-10(17)7-13(8)20-14/h1-7,15,19H. The molecule has 1 aromatic heterocycles. The lowest BCUT2D eigenvalue weighted by Crippen LogP contribution is -1.97. The monoisotopic (exact) mass is 354 g/mol. The maximum Gasteiger partial charge on any atom is 0.137 e. The van der Waals surface area contributed by atoms with Crippen molar-refractivity contribution >= 4 is 37.4 Å². The number of aliphatic hydroxyl groups excluding tert-OH is 1. The molecule has 5 heteroatoms. The second kappa shape index (κ2) is 5.24. The minimum Gasteiger partial charge on any atom is -0.383 e. The van der Waals surface area contributed by atoms with E-state index >= 15 is 0 Å². The van der Waals surface area contributed by atoms with Crippen LogP contribution in [0.15, 0.2) is 46.9 Å². The molecule has 3 aromatic rings. The number of aliphatic hydroxyl groups is 1. The van der Waals surface area contributed by atoms with Crippen LogP contribution in [-0.2, 0) is 0 Å². The highest BCUT2D eigenvalue weighted by atomic mass is 79.9. The van der Waals surface area contributed by atoms with E-state index in [1.165, 1.54) is 35.6 Å². The Morgan fingerprint density at radius 1 is 1.05 bits per heavy atom. The summed E-state index contributed by atoms with van der Waals surface area (Å²) in [5, 5.41) is 11.2. The van der Waals surface area contributed by atoms with Crippen molar-refractivity contribution in [2.45, 2.75) is 6.10 Å². The third-order valence-corrected chi connectivity index (χ3v) is 4.79. The van der Waals surface area contributed by atoms with Crippen LogP contribution >= 0.6 is 27.3 Å². The lowest BCUT2D eigenvalue weighted by Gasteiger charge is -2.09. The van der Waals surface area contributed by atoms with Gasteiger partial charge in [0.2, 0.25) is 0 Å². The minimum absolute atomic E-state index is 0.301. The Hall–Kier alpha value is -1.30. The highest BCUT2D eigenvalue weighted by Crippen LogP contribution is 2.34. The molecular formula is C15H9BrF2OS. The third-order valence-electron chi connectivity index (χ3n) is 3.03. The van der Waals surface area contributed by atoms with Gasteiger partial charge in [-0.05, 0) is 57.2 Å². The molecule has 102 valence electrons. The Morgan fingerprint density at radius 3 is 2.60 bits per heavy atom. The van der Waals surface area contributed by atoms with Gasteiger partial charge in [-0.2, -0.15) is 0 Å². The van der Waals surface area contributed by atoms with Crippen LogP contribution in [0.3, 0.4) is 0 Å². The first-order valence-electron chi connectivity index (χ1n) is 5.86. The molecule has 1 unspecified atom stereocenters. The molecular weight excluding hydrogens is 346 g/mol. The first kappa shape index (κ1) is 13.7. The molecule has 0 amide bonds. The Labute approximate surface area is 126 Å². The SMILES string of the molecule is OC(c1ccc(F)c(Br)c1)c1cc2ccc(F)cc2s1. The smallest absolute Gasteiger partial charge is 0.137 e. The van der Waals surface area contributed by atoms with Crippen LogP contribution in [0.4, 0.5) is 8.78 Å². The number of halogens is 3. The van der Waals surface area contributed by atoms with Crippen molar-refractivity contribution in [1.82, 2.24) is 0 Å². The number of benzene rings is 2. The van der Waals surface area contributed by atoms with Crippen LogP contribution < -0.4 is 0 Å². The predicted octanol–water partition coefficient (Wildman–Crippen LogP) is 5.02. The van der Waals surface area contributed by atoms with E-state index < -0.39 is 6.10 Å². The first-order valence-corrected chi connectivity index (χ1v) is 7.47. The number of hydrogen-bond donors (Lipinski definition) is 1. The fraction of sp³-hybridized carbons (Fsp3) is 0.0667. The number of rotatable bonds is 2. The molecule has 0 saturated heterocycles. The highest BCUT2D eigenvalue weighted by molar-refractivity contribution is 9.10. The zero-order chi connectivity index (χ0) is 14.3. The van der Waals surface area contributed by atoms with Crippen LogP contribution in [-0.4, -0.2) is 5.11 Å². The number of hydrogen-bond acceptors (Lipinski definition) is 2. The predicted molar refractivity (Wildman–Crippen MR) is 79.9 cm³/mol. The van der Waals surface area contributed by atoms with E-state index in [9.17, 15) is 13.9 Å². The van der Waals surface area contributed by atoms with Crippen molar-refractivity contribution in [2.24, 2.45) is 0 Å². The van der Waals surface area contributed by atoms with Gasteiger partial charge in [0.05, 0.1) is 4.47 Å². The van der Waals surface area contributed by atoms with Gasteiger partial charge in [0.25, 0.3) is 0 Å². The van der Waals surface area contributed by atoms with E-state index in [2.05, 4.69) is 15.9 Å². The molecule has 2 aromatic carbocycles. The van der Waals surface area contributed by atoms with Crippen molar-refractivity contribution in [1.29, 1.82) is 0 Å². The Bertz CT molecular complexity index is 785. The second-order valence-electron chi connectivity index (χ2n) is 4.41. The number of fused-ring (bicyclic) bond motifs is 1. The van der Waals surface area contributed by atoms with Crippen molar-refractivity contribution in [3.8, 4) is 0 Å². The Balaban J connectivity index is 2.02. The van der Waals surface area contributed by atoms with Gasteiger partial charge in [-0.1, -0.05) is 12.1 Å². The van der Waals surface area contributed by atoms with Crippen molar-refractivity contribution < 1.29 is 13.9 Å². The molecule has 1 atom stereocenters. The van der Waals surface area contributed by atoms with E-state index in [1.807, 2.05) is 6.07 Å². The topological polar surface area (TPSA) is 20.2 Å². The van der Waals surface area contributed by atoms with E-state index in [-0.39, 0.29) is 11.6 Å². The maximum atomic E-state index is 13.2. The summed E-state index contributed by atoms with van der Waals surface area (Å²) in [6, 6.07) is 10.7. The molecule has 1 heterocycles. The fourth-order valence-corrected chi connectivity index (χ4v) is 3.51. The summed E-state index contributed by atoms with van der Waals surface area (Å²) in [6.07, 6.45) is -0.854. The summed E-state index contributed by atoms with van der Waals surface area (Å²) in [6.45, 7) is 0. The molecule has 3 rings (SSSR count). The van der Waals surface area contributed by atoms with Gasteiger partial charge >= 0.3 is 0 Å². The third kappa shape index (κ3) is 2.49. The van der Waals surface area contributed by atoms with Crippen LogP contribution in [0.5, 0.6) is 0 Å². The van der Waals surface area contributed by atoms with Gasteiger partial charge in [-0.25, -0.2) is 8.78 Å². The Morgan fingerprint density at radius 2 is 1.85 bits per heavy atom. The average Bonchev–Trinajstić information content (AvgIpc) is 2.84. The molecule has 0 bridgehead atoms. The molecule has 1 N–H and O–H groups in total. The second-order valence-corrected chi connectivity index (χ2v) is 6.38. The largest absolute Gasteiger partial charge is 0.383 e. The zero-order valence-corrected chi connectivity index (χ0v) is 12.5. The lowest BCUT2D eigenvalue weighted by molar-refractivity contribution is 0.224. The van der Waals surface area contributed by atoms with Gasteiger partial charge in [0.1, 0.15) is 17.7 Å². The van der Waals surface area contributed by atoms with Gasteiger partial charge in [-0.3, -0.25) is 0 Å². The Kier molecular flexibility index (Phi) is 3.58. The lowest BCUT2D eigenvalue weighted by atomic mass is 10.1. The van der Waals surface area contributed by atoms with E-state index in [4.69, 9.17) is 0 Å². The molecule has 0 spiro atoms. The quantitative estimate of drug-likeness (QED) is 0.684. The summed E-state index contributed by atoms with van der Waals surface area (Å²) < 4.78 is 27.5. The number of thiophene rings is 1. The van der Waals surface area contributed by atoms with Gasteiger partial charge in [-0.15, -0.1) is 11.3 Å². The highest BCUT2D eigenvalue weighted by Gasteiger charge is 2.15. The molecule has 0 fully saturated rings. The fourth-order valence-electron chi connectivity index (χ4n) is 2.01. The molecule has 20 heavy (non-hydrogen) atoms. The normalized spacial score (nSPS) is 12.8. The molecule has 0 saturated carbocycles. The van der Waals surface area contributed by atoms with Gasteiger partial charge < -0.3 is 5.11 Å². The van der Waals surface area contributed by atoms with E-state index in [0.29, 0.717) is 14.9 Å². The summed E-state index contributed by atoms with van der Waals surface area (Å²) in [5.74, 6) is -0.677. The van der Waals surface area contributed by atoms with Crippen LogP contribution in [0.25, 0.3) is 10.1 Å². The van der Waals surface area contributed by atoms with Crippen LogP contribution in [0, 0.1) is 11.6 Å². The molecule has 0 aliphatic heterocycles. The average molecular weight is 355 g/mol. The van der Waals surface area contributed by atoms with Crippen molar-refractivity contribution in [3.63, 3.8) is 0 Å². The summed E-state index contributed by atoms with van der Waals surface area (Å²) in [5.41, 5.74) is 0.588. The molecule has 0 aliphatic carbocycles. The minimum atomic E-state index is -0.854. The van der Waals surface area contributed by atoms with E-state index in [0.717, 1.165) is 10.1 Å². The van der Waals surface area contributed by atoms with Crippen molar-refractivity contribution in [2.75, 3.05) is 0 Å². The van der Waals surface area contributed by atoms with Crippen LogP contribution in [0.1, 0.15) is 16.5 Å². The first-order chi connectivity index (χ1) is 9.54. The molecule has 0 radical (unpaired) electrons. The van der Waals surface area contributed by atoms with Gasteiger partial charge in [0.15, 0.2) is 0 Å². The van der Waals surface area contributed by atoms with Crippen molar-refractivity contribution in [3.05, 3.63) is 69.0 Å². The maximum absolute atomic E-state index is 13.2. The summed E-state index contributed by atoms with van der Waals surface area (Å²) in [4.78, 5) is 0.698. The molecule has 0 aliphatic rings. The summed E-state index contributed by atoms with van der Waals surface area (Å²) >= 11 is 4.42. The molecule has 1 nitrogen and oxygen atoms in total.